The van der Waals surface area contributed by atoms with Crippen molar-refractivity contribution in [1.29, 1.82) is 0 Å². The molecule has 0 aliphatic carbocycles. The van der Waals surface area contributed by atoms with E-state index in [2.05, 4.69) is 42.6 Å². The van der Waals surface area contributed by atoms with Crippen molar-refractivity contribution in [2.75, 3.05) is 5.32 Å². The van der Waals surface area contributed by atoms with E-state index in [1.54, 1.807) is 0 Å². The van der Waals surface area contributed by atoms with Gasteiger partial charge < -0.3 is 10.1 Å². The number of aromatic nitrogens is 2. The molecule has 0 saturated carbocycles. The Balaban J connectivity index is 1.79. The van der Waals surface area contributed by atoms with Crippen LogP contribution in [0.15, 0.2) is 72.9 Å². The van der Waals surface area contributed by atoms with E-state index < -0.39 is 0 Å². The van der Waals surface area contributed by atoms with Crippen molar-refractivity contribution in [3.05, 3.63) is 83.5 Å². The van der Waals surface area contributed by atoms with Gasteiger partial charge in [-0.05, 0) is 50.6 Å². The van der Waals surface area contributed by atoms with Gasteiger partial charge in [0.1, 0.15) is 18.1 Å². The zero-order valence-corrected chi connectivity index (χ0v) is 17.6. The maximum Gasteiger partial charge on any atom is 0.181 e. The third kappa shape index (κ3) is 4.38. The highest BCUT2D eigenvalue weighted by molar-refractivity contribution is 6.30. The van der Waals surface area contributed by atoms with Gasteiger partial charge >= 0.3 is 0 Å². The molecule has 0 unspecified atom stereocenters. The summed E-state index contributed by atoms with van der Waals surface area (Å²) in [7, 11) is 0. The van der Waals surface area contributed by atoms with Crippen LogP contribution < -0.4 is 10.1 Å². The Morgan fingerprint density at radius 2 is 1.69 bits per heavy atom. The monoisotopic (exact) mass is 405 g/mol. The van der Waals surface area contributed by atoms with Gasteiger partial charge in [-0.3, -0.25) is 4.40 Å². The number of nitrogens with zero attached hydrogens (tertiary/aromatic N) is 2. The summed E-state index contributed by atoms with van der Waals surface area (Å²) < 4.78 is 8.18. The van der Waals surface area contributed by atoms with E-state index in [-0.39, 0.29) is 5.54 Å². The highest BCUT2D eigenvalue weighted by atomic mass is 35.5. The number of anilines is 1. The van der Waals surface area contributed by atoms with Crippen molar-refractivity contribution < 1.29 is 4.74 Å². The standard InChI is InChI=1S/C24H24ClN3O/c1-24(2,3)27-23-21(18-11-13-19(25)14-12-18)26-22-20(10-7-15-28(22)23)29-16-17-8-5-4-6-9-17/h4-15,27H,16H2,1-3H3. The van der Waals surface area contributed by atoms with E-state index in [0.717, 1.165) is 34.0 Å². The zero-order chi connectivity index (χ0) is 20.4. The first-order valence-corrected chi connectivity index (χ1v) is 10.0. The molecular formula is C24H24ClN3O. The summed E-state index contributed by atoms with van der Waals surface area (Å²) in [4.78, 5) is 4.94. The van der Waals surface area contributed by atoms with Gasteiger partial charge in [-0.25, -0.2) is 4.98 Å². The lowest BCUT2D eigenvalue weighted by Gasteiger charge is -2.22. The number of rotatable bonds is 5. The molecule has 0 fully saturated rings. The van der Waals surface area contributed by atoms with Crippen LogP contribution in [0.5, 0.6) is 5.75 Å². The lowest BCUT2D eigenvalue weighted by atomic mass is 10.1. The highest BCUT2D eigenvalue weighted by Gasteiger charge is 2.21. The summed E-state index contributed by atoms with van der Waals surface area (Å²) in [5.41, 5.74) is 3.64. The average molecular weight is 406 g/mol. The summed E-state index contributed by atoms with van der Waals surface area (Å²) in [5, 5.41) is 4.30. The van der Waals surface area contributed by atoms with Gasteiger partial charge in [-0.15, -0.1) is 0 Å². The van der Waals surface area contributed by atoms with Crippen molar-refractivity contribution in [1.82, 2.24) is 9.38 Å². The van der Waals surface area contributed by atoms with Crippen LogP contribution in [0.25, 0.3) is 16.9 Å². The highest BCUT2D eigenvalue weighted by Crippen LogP contribution is 2.34. The van der Waals surface area contributed by atoms with Gasteiger partial charge in [0.05, 0.1) is 0 Å². The Morgan fingerprint density at radius 3 is 2.38 bits per heavy atom. The SMILES string of the molecule is CC(C)(C)Nc1c(-c2ccc(Cl)cc2)nc2c(OCc3ccccc3)cccn12. The second kappa shape index (κ2) is 7.80. The predicted octanol–water partition coefficient (Wildman–Crippen LogP) is 6.44. The molecule has 0 radical (unpaired) electrons. The lowest BCUT2D eigenvalue weighted by Crippen LogP contribution is -2.27. The Hall–Kier alpha value is -2.98. The van der Waals surface area contributed by atoms with Gasteiger partial charge in [0.2, 0.25) is 0 Å². The Morgan fingerprint density at radius 1 is 0.966 bits per heavy atom. The Kier molecular flexibility index (Phi) is 5.20. The second-order valence-corrected chi connectivity index (χ2v) is 8.47. The molecule has 2 aromatic carbocycles. The maximum atomic E-state index is 6.13. The summed E-state index contributed by atoms with van der Waals surface area (Å²) in [6.45, 7) is 6.89. The van der Waals surface area contributed by atoms with Crippen LogP contribution in [0.3, 0.4) is 0 Å². The molecule has 0 atom stereocenters. The summed E-state index contributed by atoms with van der Waals surface area (Å²) in [6, 6.07) is 21.8. The normalized spacial score (nSPS) is 11.6. The molecule has 0 aliphatic rings. The maximum absolute atomic E-state index is 6.13. The van der Waals surface area contributed by atoms with E-state index in [1.165, 1.54) is 0 Å². The number of benzene rings is 2. The molecule has 2 heterocycles. The van der Waals surface area contributed by atoms with Crippen LogP contribution in [-0.2, 0) is 6.61 Å². The van der Waals surface area contributed by atoms with Gasteiger partial charge in [-0.1, -0.05) is 54.1 Å². The molecule has 148 valence electrons. The molecular weight excluding hydrogens is 382 g/mol. The number of hydrogen-bond donors (Lipinski definition) is 1. The number of halogens is 1. The summed E-state index contributed by atoms with van der Waals surface area (Å²) in [6.07, 6.45) is 2.01. The number of hydrogen-bond acceptors (Lipinski definition) is 3. The van der Waals surface area contributed by atoms with E-state index in [4.69, 9.17) is 21.3 Å². The second-order valence-electron chi connectivity index (χ2n) is 8.03. The third-order valence-corrected chi connectivity index (χ3v) is 4.71. The van der Waals surface area contributed by atoms with E-state index in [9.17, 15) is 0 Å². The van der Waals surface area contributed by atoms with Crippen molar-refractivity contribution in [2.24, 2.45) is 0 Å². The number of nitrogens with one attached hydrogen (secondary N) is 1. The fourth-order valence-corrected chi connectivity index (χ4v) is 3.30. The molecule has 2 aromatic heterocycles. The van der Waals surface area contributed by atoms with Crippen molar-refractivity contribution in [3.63, 3.8) is 0 Å². The summed E-state index contributed by atoms with van der Waals surface area (Å²) in [5.74, 6) is 1.67. The molecule has 1 N–H and O–H groups in total. The lowest BCUT2D eigenvalue weighted by molar-refractivity contribution is 0.308. The molecule has 4 rings (SSSR count). The quantitative estimate of drug-likeness (QED) is 0.415. The van der Waals surface area contributed by atoms with Crippen LogP contribution in [0, 0.1) is 0 Å². The van der Waals surface area contributed by atoms with Gasteiger partial charge in [0.25, 0.3) is 0 Å². The number of pyridine rings is 1. The number of fused-ring (bicyclic) bond motifs is 1. The third-order valence-electron chi connectivity index (χ3n) is 4.46. The van der Waals surface area contributed by atoms with Crippen molar-refractivity contribution in [2.45, 2.75) is 32.9 Å². The molecule has 4 nitrogen and oxygen atoms in total. The largest absolute Gasteiger partial charge is 0.485 e. The number of ether oxygens (including phenoxy) is 1. The fourth-order valence-electron chi connectivity index (χ4n) is 3.17. The first kappa shape index (κ1) is 19.3. The van der Waals surface area contributed by atoms with Crippen LogP contribution in [-0.4, -0.2) is 14.9 Å². The first-order valence-electron chi connectivity index (χ1n) is 9.63. The number of imidazole rings is 1. The minimum Gasteiger partial charge on any atom is -0.485 e. The Labute approximate surface area is 176 Å². The van der Waals surface area contributed by atoms with Gasteiger partial charge in [0, 0.05) is 22.3 Å². The predicted molar refractivity (Wildman–Crippen MR) is 120 cm³/mol. The van der Waals surface area contributed by atoms with Gasteiger partial charge in [-0.2, -0.15) is 0 Å². The van der Waals surface area contributed by atoms with Gasteiger partial charge in [0.15, 0.2) is 11.4 Å². The smallest absolute Gasteiger partial charge is 0.181 e. The van der Waals surface area contributed by atoms with Crippen molar-refractivity contribution in [3.8, 4) is 17.0 Å². The van der Waals surface area contributed by atoms with Crippen LogP contribution in [0.1, 0.15) is 26.3 Å². The zero-order valence-electron chi connectivity index (χ0n) is 16.8. The molecule has 0 saturated heterocycles. The van der Waals surface area contributed by atoms with Crippen LogP contribution >= 0.6 is 11.6 Å². The molecule has 0 bridgehead atoms. The topological polar surface area (TPSA) is 38.6 Å². The minimum atomic E-state index is -0.127. The average Bonchev–Trinajstić information content (AvgIpc) is 3.05. The van der Waals surface area contributed by atoms with E-state index in [0.29, 0.717) is 11.6 Å². The minimum absolute atomic E-state index is 0.127. The van der Waals surface area contributed by atoms with E-state index in [1.807, 2.05) is 60.8 Å². The van der Waals surface area contributed by atoms with Crippen LogP contribution in [0.4, 0.5) is 5.82 Å². The van der Waals surface area contributed by atoms with Crippen molar-refractivity contribution >= 4 is 23.1 Å². The molecule has 0 amide bonds. The molecule has 5 heteroatoms. The van der Waals surface area contributed by atoms with E-state index >= 15 is 0 Å². The fraction of sp³-hybridized carbons (Fsp3) is 0.208. The van der Waals surface area contributed by atoms with Crippen LogP contribution in [0.2, 0.25) is 5.02 Å². The first-order chi connectivity index (χ1) is 13.9. The summed E-state index contributed by atoms with van der Waals surface area (Å²) >= 11 is 6.09. The molecule has 4 aromatic rings. The molecule has 0 aliphatic heterocycles. The molecule has 0 spiro atoms. The molecule has 29 heavy (non-hydrogen) atoms. The Bertz CT molecular complexity index is 1110.